The minimum Gasteiger partial charge on any atom is -0.352 e. The SMILES string of the molecule is CC[C@H]1O[C@@H](n2cnc3c(NC(=O)c4ccccc4)ncnc32)CC1O[P@@]1O[C@H](C[Si](C)(c2ccccc2)c2ccccc2)[C@@H]2CCCN21.CC[C@H]1O[C@@H](n2cnc3c(NC(=O)c4ccccc4)ncnc32)CC1O[P@]1O[C@@H](C[Si](C)(c2ccccc2)c2ccccc2)[C@H]2CCCN21. The number of carbonyl (C=O) groups is 2. The Balaban J connectivity index is 0.000000160. The fraction of sp³-hybridized carbons (Fsp3) is 0.351. The van der Waals surface area contributed by atoms with Gasteiger partial charge in [-0.2, -0.15) is 0 Å². The Bertz CT molecular complexity index is 4000. The second-order valence-electron chi connectivity index (χ2n) is 26.6. The summed E-state index contributed by atoms with van der Waals surface area (Å²) in [5, 5.41) is 11.5. The minimum atomic E-state index is -2.10. The van der Waals surface area contributed by atoms with Crippen LogP contribution in [0.3, 0.4) is 0 Å². The number of fused-ring (bicyclic) bond motifs is 4. The number of imidazole rings is 2. The molecular formula is C74H82N12O8P2Si2. The molecule has 0 spiro atoms. The van der Waals surface area contributed by atoms with Gasteiger partial charge >= 0.3 is 0 Å². The molecule has 2 amide bonds. The van der Waals surface area contributed by atoms with Crippen molar-refractivity contribution in [2.75, 3.05) is 23.7 Å². The monoisotopic (exact) mass is 1380 g/mol. The van der Waals surface area contributed by atoms with Gasteiger partial charge in [-0.3, -0.25) is 18.7 Å². The average molecular weight is 1390 g/mol. The third-order valence-corrected chi connectivity index (χ3v) is 33.1. The highest BCUT2D eigenvalue weighted by atomic mass is 31.2. The van der Waals surface area contributed by atoms with Crippen molar-refractivity contribution >= 4 is 99.7 Å². The lowest BCUT2D eigenvalue weighted by Crippen LogP contribution is -2.58. The molecule has 0 radical (unpaired) electrons. The van der Waals surface area contributed by atoms with Crippen LogP contribution in [0.25, 0.3) is 22.3 Å². The van der Waals surface area contributed by atoms with Gasteiger partial charge in [-0.25, -0.2) is 39.2 Å². The molecular weight excluding hydrogens is 1300 g/mol. The number of rotatable bonds is 20. The van der Waals surface area contributed by atoms with Crippen molar-refractivity contribution in [2.24, 2.45) is 0 Å². The smallest absolute Gasteiger partial charge is 0.259 e. The van der Waals surface area contributed by atoms with Gasteiger partial charge in [-0.1, -0.05) is 205 Å². The second-order valence-corrected chi connectivity index (χ2v) is 37.9. The lowest BCUT2D eigenvalue weighted by molar-refractivity contribution is -0.0152. The molecule has 0 saturated carbocycles. The van der Waals surface area contributed by atoms with Crippen molar-refractivity contribution in [1.82, 2.24) is 48.4 Å². The van der Waals surface area contributed by atoms with Gasteiger partial charge in [0.25, 0.3) is 28.9 Å². The summed E-state index contributed by atoms with van der Waals surface area (Å²) in [5.41, 5.74) is 3.33. The summed E-state index contributed by atoms with van der Waals surface area (Å²) in [7, 11) is -6.66. The van der Waals surface area contributed by atoms with Crippen LogP contribution in [-0.4, -0.2) is 138 Å². The summed E-state index contributed by atoms with van der Waals surface area (Å²) < 4.78 is 49.9. The summed E-state index contributed by atoms with van der Waals surface area (Å²) in [6.45, 7) is 11.2. The van der Waals surface area contributed by atoms with Crippen molar-refractivity contribution in [3.05, 3.63) is 218 Å². The third-order valence-electron chi connectivity index (χ3n) is 20.6. The minimum absolute atomic E-state index is 0.0963. The number of amides is 2. The molecule has 6 aliphatic rings. The van der Waals surface area contributed by atoms with Gasteiger partial charge in [0.1, 0.15) is 41.3 Å². The summed E-state index contributed by atoms with van der Waals surface area (Å²) in [5.74, 6) is 0.233. The number of aromatic nitrogens is 8. The highest BCUT2D eigenvalue weighted by Crippen LogP contribution is 2.60. The number of benzene rings is 6. The zero-order valence-electron chi connectivity index (χ0n) is 55.5. The van der Waals surface area contributed by atoms with Crippen LogP contribution in [0.2, 0.25) is 25.2 Å². The van der Waals surface area contributed by atoms with E-state index in [0.717, 1.165) is 63.7 Å². The highest BCUT2D eigenvalue weighted by molar-refractivity contribution is 7.45. The Morgan fingerprint density at radius 1 is 0.480 bits per heavy atom. The normalized spacial score (nSPS) is 25.5. The molecule has 2 unspecified atom stereocenters. The van der Waals surface area contributed by atoms with Gasteiger partial charge in [0.2, 0.25) is 0 Å². The van der Waals surface area contributed by atoms with E-state index in [9.17, 15) is 9.59 Å². The van der Waals surface area contributed by atoms with Crippen LogP contribution in [0.4, 0.5) is 11.6 Å². The first-order valence-electron chi connectivity index (χ1n) is 34.4. The van der Waals surface area contributed by atoms with Crippen LogP contribution in [0.15, 0.2) is 207 Å². The van der Waals surface area contributed by atoms with Crippen molar-refractivity contribution in [3.63, 3.8) is 0 Å². The summed E-state index contributed by atoms with van der Waals surface area (Å²) in [4.78, 5) is 52.7. The van der Waals surface area contributed by atoms with Crippen LogP contribution in [0.1, 0.15) is 98.4 Å². The van der Waals surface area contributed by atoms with Crippen molar-refractivity contribution in [2.45, 2.75) is 152 Å². The van der Waals surface area contributed by atoms with Crippen LogP contribution in [0, 0.1) is 0 Å². The average Bonchev–Trinajstić information content (AvgIpc) is 1.53. The van der Waals surface area contributed by atoms with E-state index in [2.05, 4.69) is 198 Å². The molecule has 10 heterocycles. The number of nitrogens with zero attached hydrogens (tertiary/aromatic N) is 10. The van der Waals surface area contributed by atoms with E-state index in [1.807, 2.05) is 45.5 Å². The number of hydrogen-bond donors (Lipinski definition) is 2. The second kappa shape index (κ2) is 29.3. The predicted octanol–water partition coefficient (Wildman–Crippen LogP) is 12.3. The Morgan fingerprint density at radius 3 is 1.17 bits per heavy atom. The maximum absolute atomic E-state index is 12.9. The van der Waals surface area contributed by atoms with E-state index in [4.69, 9.17) is 27.6 Å². The molecule has 6 aromatic carbocycles. The largest absolute Gasteiger partial charge is 0.352 e. The molecule has 98 heavy (non-hydrogen) atoms. The number of carbonyl (C=O) groups excluding carboxylic acids is 2. The summed E-state index contributed by atoms with van der Waals surface area (Å²) in [6, 6.07) is 65.0. The fourth-order valence-corrected chi connectivity index (χ4v) is 27.3. The van der Waals surface area contributed by atoms with E-state index in [1.165, 1.54) is 33.4 Å². The van der Waals surface area contributed by atoms with Gasteiger partial charge in [-0.05, 0) is 74.9 Å². The number of anilines is 2. The Hall–Kier alpha value is -7.67. The van der Waals surface area contributed by atoms with E-state index in [-0.39, 0.29) is 60.9 Å². The van der Waals surface area contributed by atoms with E-state index >= 15 is 0 Å². The van der Waals surface area contributed by atoms with Gasteiger partial charge in [-0.15, -0.1) is 0 Å². The Morgan fingerprint density at radius 2 is 0.827 bits per heavy atom. The molecule has 0 aliphatic carbocycles. The molecule has 20 nitrogen and oxygen atoms in total. The molecule has 504 valence electrons. The first kappa shape index (κ1) is 66.2. The summed E-state index contributed by atoms with van der Waals surface area (Å²) >= 11 is 0. The quantitative estimate of drug-likeness (QED) is 0.0537. The molecule has 10 aromatic rings. The van der Waals surface area contributed by atoms with E-state index in [0.29, 0.717) is 70.0 Å². The first-order chi connectivity index (χ1) is 48.0. The van der Waals surface area contributed by atoms with Gasteiger partial charge in [0.15, 0.2) is 34.0 Å². The third kappa shape index (κ3) is 13.4. The molecule has 6 fully saturated rings. The van der Waals surface area contributed by atoms with Crippen molar-refractivity contribution in [1.29, 1.82) is 0 Å². The summed E-state index contributed by atoms with van der Waals surface area (Å²) in [6.07, 6.45) is 13.0. The Kier molecular flexibility index (Phi) is 19.8. The first-order valence-corrected chi connectivity index (χ1v) is 42.1. The number of hydrogen-bond acceptors (Lipinski definition) is 16. The maximum atomic E-state index is 12.9. The van der Waals surface area contributed by atoms with E-state index in [1.54, 1.807) is 36.9 Å². The molecule has 6 aliphatic heterocycles. The van der Waals surface area contributed by atoms with Gasteiger partial charge < -0.3 is 38.2 Å². The molecule has 24 heteroatoms. The predicted molar refractivity (Wildman–Crippen MR) is 387 cm³/mol. The number of ether oxygens (including phenoxy) is 2. The Labute approximate surface area is 575 Å². The van der Waals surface area contributed by atoms with Crippen molar-refractivity contribution < 1.29 is 37.2 Å². The molecule has 4 aromatic heterocycles. The highest BCUT2D eigenvalue weighted by Gasteiger charge is 2.54. The molecule has 2 N–H and O–H groups in total. The zero-order valence-corrected chi connectivity index (χ0v) is 59.3. The van der Waals surface area contributed by atoms with Crippen LogP contribution < -0.4 is 31.4 Å². The van der Waals surface area contributed by atoms with Gasteiger partial charge in [0.05, 0.1) is 49.3 Å². The van der Waals surface area contributed by atoms with Gasteiger partial charge in [0, 0.05) is 49.1 Å². The maximum Gasteiger partial charge on any atom is 0.259 e. The van der Waals surface area contributed by atoms with Crippen molar-refractivity contribution in [3.8, 4) is 0 Å². The zero-order chi connectivity index (χ0) is 66.7. The standard InChI is InChI=1S/2C37H41N6O4PSi/c2*1-3-30-31(22-33(45-30)42-25-40-34-35(38-24-39-36(34)42)41-37(44)26-14-7-4-8-15-26)46-48-43-21-13-20-29(43)32(47-48)23-49(2,27-16-9-5-10-17-27)28-18-11-6-12-19-28/h2*4-12,14-19,24-25,29-33H,3,13,20-23H2,1-2H3,(H,38,39,41,44)/t29-,30+,31?,32+,33+,48-;29-,30-,31?,32+,33-,48-/m01/s1. The molecule has 0 bridgehead atoms. The van der Waals surface area contributed by atoms with E-state index < -0.39 is 33.2 Å². The van der Waals surface area contributed by atoms with Crippen LogP contribution in [-0.2, 0) is 27.6 Å². The fourth-order valence-electron chi connectivity index (χ4n) is 15.3. The lowest BCUT2D eigenvalue weighted by atomic mass is 10.1. The topological polar surface area (TPSA) is 207 Å². The molecule has 12 atom stereocenters. The lowest BCUT2D eigenvalue weighted by Gasteiger charge is -2.32. The molecule has 16 rings (SSSR count). The van der Waals surface area contributed by atoms with Crippen LogP contribution >= 0.6 is 17.1 Å². The molecule has 6 saturated heterocycles. The van der Waals surface area contributed by atoms with Crippen LogP contribution in [0.5, 0.6) is 0 Å². The number of nitrogens with one attached hydrogen (secondary N) is 2.